The molecule has 0 aliphatic rings. The van der Waals surface area contributed by atoms with E-state index in [-0.39, 0.29) is 6.04 Å². The van der Waals surface area contributed by atoms with E-state index in [9.17, 15) is 0 Å². The van der Waals surface area contributed by atoms with Gasteiger partial charge in [0.1, 0.15) is 0 Å². The van der Waals surface area contributed by atoms with Crippen LogP contribution in [0.5, 0.6) is 0 Å². The molecule has 0 amide bonds. The van der Waals surface area contributed by atoms with E-state index in [2.05, 4.69) is 22.0 Å². The lowest BCUT2D eigenvalue weighted by Gasteiger charge is -2.16. The first-order valence-electron chi connectivity index (χ1n) is 5.29. The van der Waals surface area contributed by atoms with Crippen molar-refractivity contribution in [2.45, 2.75) is 32.2 Å². The summed E-state index contributed by atoms with van der Waals surface area (Å²) in [6.45, 7) is 2.05. The molecule has 0 heterocycles. The first-order chi connectivity index (χ1) is 7.19. The highest BCUT2D eigenvalue weighted by molar-refractivity contribution is 5.08. The first-order valence-corrected chi connectivity index (χ1v) is 5.29. The van der Waals surface area contributed by atoms with Gasteiger partial charge in [-0.2, -0.15) is 5.26 Å². The molecule has 0 saturated heterocycles. The van der Waals surface area contributed by atoms with Crippen molar-refractivity contribution in [3.63, 3.8) is 0 Å². The quantitative estimate of drug-likeness (QED) is 0.585. The second-order valence-corrected chi connectivity index (χ2v) is 3.49. The Kier molecular flexibility index (Phi) is 7.47. The van der Waals surface area contributed by atoms with E-state index in [0.717, 1.165) is 18.5 Å². The van der Waals surface area contributed by atoms with Gasteiger partial charge in [0.25, 0.3) is 0 Å². The van der Waals surface area contributed by atoms with E-state index in [1.165, 1.54) is 5.70 Å². The molecular weight excluding hydrogens is 188 g/mol. The minimum Gasteiger partial charge on any atom is -0.390 e. The highest BCUT2D eigenvalue weighted by atomic mass is 14.9. The zero-order valence-corrected chi connectivity index (χ0v) is 10.1. The number of nitrogens with zero attached hydrogens (tertiary/aromatic N) is 1. The van der Waals surface area contributed by atoms with Crippen molar-refractivity contribution >= 4 is 0 Å². The average Bonchev–Trinajstić information content (AvgIpc) is 2.27. The molecule has 0 bridgehead atoms. The molecule has 86 valence electrons. The topological polar surface area (TPSA) is 59.9 Å². The van der Waals surface area contributed by atoms with E-state index in [4.69, 9.17) is 5.26 Å². The van der Waals surface area contributed by atoms with Crippen molar-refractivity contribution in [1.82, 2.24) is 16.0 Å². The lowest BCUT2D eigenvalue weighted by atomic mass is 10.1. The molecule has 0 saturated carbocycles. The van der Waals surface area contributed by atoms with Crippen molar-refractivity contribution in [2.24, 2.45) is 0 Å². The van der Waals surface area contributed by atoms with Crippen LogP contribution < -0.4 is 16.0 Å². The van der Waals surface area contributed by atoms with E-state index >= 15 is 0 Å². The standard InChI is InChI=1S/C11H22N4/c1-9(13-2)11(15-4)6-5-10(14-3)7-8-12/h10,13-15H,5-7H2,1-4H3. The van der Waals surface area contributed by atoms with Gasteiger partial charge in [-0.3, -0.25) is 0 Å². The summed E-state index contributed by atoms with van der Waals surface area (Å²) in [4.78, 5) is 0. The lowest BCUT2D eigenvalue weighted by Crippen LogP contribution is -2.26. The van der Waals surface area contributed by atoms with Gasteiger partial charge in [0.15, 0.2) is 0 Å². The van der Waals surface area contributed by atoms with Crippen LogP contribution in [0.4, 0.5) is 0 Å². The van der Waals surface area contributed by atoms with E-state index in [0.29, 0.717) is 6.42 Å². The van der Waals surface area contributed by atoms with Crippen molar-refractivity contribution in [2.75, 3.05) is 21.1 Å². The monoisotopic (exact) mass is 210 g/mol. The molecule has 0 aliphatic carbocycles. The third-order valence-corrected chi connectivity index (χ3v) is 2.62. The zero-order chi connectivity index (χ0) is 11.7. The normalized spacial score (nSPS) is 13.8. The van der Waals surface area contributed by atoms with Crippen LogP contribution in [0.2, 0.25) is 0 Å². The Morgan fingerprint density at radius 1 is 1.27 bits per heavy atom. The molecule has 0 rings (SSSR count). The van der Waals surface area contributed by atoms with Crippen LogP contribution in [-0.2, 0) is 0 Å². The summed E-state index contributed by atoms with van der Waals surface area (Å²) in [5, 5.41) is 18.1. The summed E-state index contributed by atoms with van der Waals surface area (Å²) < 4.78 is 0. The number of rotatable bonds is 7. The number of nitriles is 1. The van der Waals surface area contributed by atoms with E-state index < -0.39 is 0 Å². The molecule has 0 aliphatic heterocycles. The molecule has 0 aromatic carbocycles. The Labute approximate surface area is 92.7 Å². The summed E-state index contributed by atoms with van der Waals surface area (Å²) in [5.41, 5.74) is 2.36. The predicted octanol–water partition coefficient (Wildman–Crippen LogP) is 0.939. The van der Waals surface area contributed by atoms with Gasteiger partial charge >= 0.3 is 0 Å². The van der Waals surface area contributed by atoms with Crippen LogP contribution in [0.1, 0.15) is 26.2 Å². The van der Waals surface area contributed by atoms with Crippen molar-refractivity contribution in [3.8, 4) is 6.07 Å². The van der Waals surface area contributed by atoms with Crippen LogP contribution in [0.3, 0.4) is 0 Å². The molecule has 15 heavy (non-hydrogen) atoms. The maximum atomic E-state index is 8.62. The number of hydrogen-bond acceptors (Lipinski definition) is 4. The van der Waals surface area contributed by atoms with Gasteiger partial charge in [-0.1, -0.05) is 0 Å². The molecule has 0 fully saturated rings. The van der Waals surface area contributed by atoms with Crippen molar-refractivity contribution < 1.29 is 0 Å². The van der Waals surface area contributed by atoms with Crippen molar-refractivity contribution in [3.05, 3.63) is 11.4 Å². The lowest BCUT2D eigenvalue weighted by molar-refractivity contribution is 0.522. The zero-order valence-electron chi connectivity index (χ0n) is 10.1. The second-order valence-electron chi connectivity index (χ2n) is 3.49. The van der Waals surface area contributed by atoms with E-state index in [1.807, 2.05) is 28.1 Å². The minimum absolute atomic E-state index is 0.281. The Bertz CT molecular complexity index is 239. The summed E-state index contributed by atoms with van der Waals surface area (Å²) in [5.74, 6) is 0. The maximum Gasteiger partial charge on any atom is 0.0638 e. The average molecular weight is 210 g/mol. The highest BCUT2D eigenvalue weighted by Crippen LogP contribution is 2.09. The van der Waals surface area contributed by atoms with Gasteiger partial charge in [0.2, 0.25) is 0 Å². The highest BCUT2D eigenvalue weighted by Gasteiger charge is 2.07. The van der Waals surface area contributed by atoms with Gasteiger partial charge in [-0.15, -0.1) is 0 Å². The number of nitrogens with one attached hydrogen (secondary N) is 3. The number of allylic oxidation sites excluding steroid dienone is 2. The Hall–Kier alpha value is -1.21. The Morgan fingerprint density at radius 2 is 1.93 bits per heavy atom. The molecule has 0 radical (unpaired) electrons. The fourth-order valence-electron chi connectivity index (χ4n) is 1.43. The van der Waals surface area contributed by atoms with Crippen LogP contribution in [0.25, 0.3) is 0 Å². The Balaban J connectivity index is 4.16. The molecule has 0 aromatic heterocycles. The summed E-state index contributed by atoms with van der Waals surface area (Å²) in [6, 6.07) is 2.47. The molecular formula is C11H22N4. The molecule has 4 heteroatoms. The first kappa shape index (κ1) is 13.8. The number of hydrogen-bond donors (Lipinski definition) is 3. The van der Waals surface area contributed by atoms with Gasteiger partial charge in [-0.25, -0.2) is 0 Å². The third kappa shape index (κ3) is 5.28. The largest absolute Gasteiger partial charge is 0.390 e. The van der Waals surface area contributed by atoms with Gasteiger partial charge in [0, 0.05) is 31.5 Å². The predicted molar refractivity (Wildman–Crippen MR) is 63.1 cm³/mol. The molecule has 4 nitrogen and oxygen atoms in total. The van der Waals surface area contributed by atoms with Crippen LogP contribution in [-0.4, -0.2) is 27.2 Å². The summed E-state index contributed by atoms with van der Waals surface area (Å²) in [7, 11) is 5.74. The van der Waals surface area contributed by atoms with E-state index in [1.54, 1.807) is 0 Å². The SMILES string of the molecule is CNC(C)=C(CCC(CC#N)NC)NC. The molecule has 1 atom stereocenters. The van der Waals surface area contributed by atoms with Gasteiger partial charge < -0.3 is 16.0 Å². The van der Waals surface area contributed by atoms with Crippen molar-refractivity contribution in [1.29, 1.82) is 5.26 Å². The summed E-state index contributed by atoms with van der Waals surface area (Å²) >= 11 is 0. The fraction of sp³-hybridized carbons (Fsp3) is 0.727. The smallest absolute Gasteiger partial charge is 0.0638 e. The Morgan fingerprint density at radius 3 is 2.33 bits per heavy atom. The van der Waals surface area contributed by atoms with Gasteiger partial charge in [0.05, 0.1) is 12.5 Å². The molecule has 3 N–H and O–H groups in total. The third-order valence-electron chi connectivity index (χ3n) is 2.62. The molecule has 1 unspecified atom stereocenters. The van der Waals surface area contributed by atoms with Crippen LogP contribution in [0.15, 0.2) is 11.4 Å². The molecule has 0 aromatic rings. The van der Waals surface area contributed by atoms with Crippen LogP contribution in [0, 0.1) is 11.3 Å². The fourth-order valence-corrected chi connectivity index (χ4v) is 1.43. The molecule has 0 spiro atoms. The minimum atomic E-state index is 0.281. The second kappa shape index (κ2) is 8.13. The van der Waals surface area contributed by atoms with Crippen LogP contribution >= 0.6 is 0 Å². The maximum absolute atomic E-state index is 8.62. The summed E-state index contributed by atoms with van der Waals surface area (Å²) in [6.07, 6.45) is 2.49. The van der Waals surface area contributed by atoms with Gasteiger partial charge in [-0.05, 0) is 26.8 Å².